The fourth-order valence-electron chi connectivity index (χ4n) is 2.92. The predicted molar refractivity (Wildman–Crippen MR) is 87.8 cm³/mol. The van der Waals surface area contributed by atoms with Crippen molar-refractivity contribution in [2.24, 2.45) is 0 Å². The molecule has 2 fully saturated rings. The van der Waals surface area contributed by atoms with Crippen LogP contribution in [0, 0.1) is 0 Å². The topological polar surface area (TPSA) is 73.8 Å². The van der Waals surface area contributed by atoms with Crippen LogP contribution in [0.5, 0.6) is 0 Å². The molecule has 0 aliphatic carbocycles. The number of aromatic nitrogens is 2. The number of morpholine rings is 1. The van der Waals surface area contributed by atoms with E-state index in [1.54, 1.807) is 13.4 Å². The zero-order chi connectivity index (χ0) is 16.1. The zero-order valence-electron chi connectivity index (χ0n) is 13.6. The van der Waals surface area contributed by atoms with Gasteiger partial charge in [0.05, 0.1) is 19.8 Å². The van der Waals surface area contributed by atoms with E-state index in [1.807, 2.05) is 11.0 Å². The van der Waals surface area contributed by atoms with Crippen LogP contribution in [0.15, 0.2) is 12.4 Å². The molecule has 0 saturated carbocycles. The second-order valence-electron chi connectivity index (χ2n) is 5.73. The fraction of sp³-hybridized carbons (Fsp3) is 0.667. The van der Waals surface area contributed by atoms with Crippen molar-refractivity contribution < 1.29 is 9.53 Å². The van der Waals surface area contributed by atoms with E-state index in [0.717, 1.165) is 64.1 Å². The van der Waals surface area contributed by atoms with Gasteiger partial charge in [0.1, 0.15) is 18.0 Å². The summed E-state index contributed by atoms with van der Waals surface area (Å²) < 4.78 is 5.38. The third-order valence-electron chi connectivity index (χ3n) is 4.26. The Morgan fingerprint density at radius 2 is 1.70 bits per heavy atom. The Morgan fingerprint density at radius 1 is 1.09 bits per heavy atom. The molecule has 23 heavy (non-hydrogen) atoms. The molecule has 8 heteroatoms. The number of nitrogens with zero attached hydrogens (tertiary/aromatic N) is 5. The number of rotatable bonds is 4. The minimum Gasteiger partial charge on any atom is -0.378 e. The molecule has 3 heterocycles. The molecule has 0 unspecified atom stereocenters. The summed E-state index contributed by atoms with van der Waals surface area (Å²) >= 11 is 0. The lowest BCUT2D eigenvalue weighted by Gasteiger charge is -2.36. The Balaban J connectivity index is 1.61. The lowest BCUT2D eigenvalue weighted by Crippen LogP contribution is -2.50. The number of likely N-dealkylation sites (N-methyl/N-ethyl adjacent to an activating group) is 1. The third-order valence-corrected chi connectivity index (χ3v) is 4.26. The average Bonchev–Trinajstić information content (AvgIpc) is 2.63. The van der Waals surface area contributed by atoms with E-state index >= 15 is 0 Å². The van der Waals surface area contributed by atoms with Crippen LogP contribution in [-0.2, 0) is 9.53 Å². The monoisotopic (exact) mass is 320 g/mol. The number of nitrogens with one attached hydrogen (secondary N) is 1. The van der Waals surface area contributed by atoms with Gasteiger partial charge in [-0.1, -0.05) is 0 Å². The van der Waals surface area contributed by atoms with E-state index < -0.39 is 0 Å². The Hall–Kier alpha value is -1.93. The third kappa shape index (κ3) is 3.89. The van der Waals surface area contributed by atoms with Crippen molar-refractivity contribution in [1.29, 1.82) is 0 Å². The number of ether oxygens (including phenoxy) is 1. The number of piperazine rings is 1. The predicted octanol–water partition coefficient (Wildman–Crippen LogP) is -0.819. The normalized spacial score (nSPS) is 19.1. The van der Waals surface area contributed by atoms with Gasteiger partial charge in [0.15, 0.2) is 0 Å². The molecular formula is C15H24N6O2. The molecule has 3 rings (SSSR count). The summed E-state index contributed by atoms with van der Waals surface area (Å²) in [6, 6.07) is 2.04. The molecule has 0 atom stereocenters. The molecule has 1 amide bonds. The van der Waals surface area contributed by atoms with Gasteiger partial charge in [-0.05, 0) is 7.05 Å². The fourth-order valence-corrected chi connectivity index (χ4v) is 2.92. The average molecular weight is 320 g/mol. The highest BCUT2D eigenvalue weighted by Crippen LogP contribution is 2.19. The summed E-state index contributed by atoms with van der Waals surface area (Å²) in [5.41, 5.74) is 0. The van der Waals surface area contributed by atoms with Crippen molar-refractivity contribution in [2.75, 3.05) is 75.9 Å². The molecule has 0 spiro atoms. The van der Waals surface area contributed by atoms with Crippen LogP contribution in [0.3, 0.4) is 0 Å². The highest BCUT2D eigenvalue weighted by atomic mass is 16.5. The summed E-state index contributed by atoms with van der Waals surface area (Å²) in [6.45, 7) is 6.68. The van der Waals surface area contributed by atoms with Gasteiger partial charge in [-0.25, -0.2) is 9.97 Å². The molecule has 0 radical (unpaired) electrons. The van der Waals surface area contributed by atoms with Crippen molar-refractivity contribution in [2.45, 2.75) is 0 Å². The van der Waals surface area contributed by atoms with E-state index in [9.17, 15) is 4.79 Å². The van der Waals surface area contributed by atoms with E-state index in [2.05, 4.69) is 25.1 Å². The van der Waals surface area contributed by atoms with Crippen molar-refractivity contribution in [1.82, 2.24) is 20.2 Å². The smallest absolute Gasteiger partial charge is 0.236 e. The van der Waals surface area contributed by atoms with E-state index in [1.165, 1.54) is 0 Å². The molecule has 1 N–H and O–H groups in total. The standard InChI is InChI=1S/C15H24N6O2/c1-16-11-15(22)21-4-2-19(3-5-21)13-10-14(18-12-17-13)20-6-8-23-9-7-20/h10,12,16H,2-9,11H2,1H3. The van der Waals surface area contributed by atoms with Crippen molar-refractivity contribution in [3.05, 3.63) is 12.4 Å². The van der Waals surface area contributed by atoms with Crippen molar-refractivity contribution in [3.63, 3.8) is 0 Å². The molecule has 8 nitrogen and oxygen atoms in total. The molecule has 0 aromatic carbocycles. The minimum absolute atomic E-state index is 0.156. The number of carbonyl (C=O) groups is 1. The maximum Gasteiger partial charge on any atom is 0.236 e. The molecule has 2 saturated heterocycles. The lowest BCUT2D eigenvalue weighted by molar-refractivity contribution is -0.130. The molecule has 0 bridgehead atoms. The first kappa shape index (κ1) is 15.9. The lowest BCUT2D eigenvalue weighted by atomic mass is 10.3. The van der Waals surface area contributed by atoms with Crippen LogP contribution in [0.2, 0.25) is 0 Å². The number of anilines is 2. The minimum atomic E-state index is 0.156. The van der Waals surface area contributed by atoms with Crippen molar-refractivity contribution in [3.8, 4) is 0 Å². The highest BCUT2D eigenvalue weighted by molar-refractivity contribution is 5.78. The first-order chi connectivity index (χ1) is 11.3. The Kier molecular flexibility index (Phi) is 5.24. The van der Waals surface area contributed by atoms with Gasteiger partial charge in [-0.2, -0.15) is 0 Å². The maximum atomic E-state index is 11.9. The number of amides is 1. The molecule has 2 aliphatic rings. The van der Waals surface area contributed by atoms with Crippen LogP contribution in [-0.4, -0.2) is 86.8 Å². The first-order valence-corrected chi connectivity index (χ1v) is 8.10. The first-order valence-electron chi connectivity index (χ1n) is 8.10. The summed E-state index contributed by atoms with van der Waals surface area (Å²) in [5.74, 6) is 2.04. The van der Waals surface area contributed by atoms with E-state index in [4.69, 9.17) is 4.74 Å². The molecule has 2 aliphatic heterocycles. The van der Waals surface area contributed by atoms with Crippen LogP contribution >= 0.6 is 0 Å². The largest absolute Gasteiger partial charge is 0.378 e. The SMILES string of the molecule is CNCC(=O)N1CCN(c2cc(N3CCOCC3)ncn2)CC1. The molecule has 1 aromatic rings. The van der Waals surface area contributed by atoms with Crippen LogP contribution < -0.4 is 15.1 Å². The summed E-state index contributed by atoms with van der Waals surface area (Å²) in [6.07, 6.45) is 1.62. The number of carbonyl (C=O) groups excluding carboxylic acids is 1. The number of hydrogen-bond acceptors (Lipinski definition) is 7. The van der Waals surface area contributed by atoms with Crippen LogP contribution in [0.1, 0.15) is 0 Å². The summed E-state index contributed by atoms with van der Waals surface area (Å²) in [7, 11) is 1.79. The van der Waals surface area contributed by atoms with Gasteiger partial charge in [-0.3, -0.25) is 4.79 Å². The zero-order valence-corrected chi connectivity index (χ0v) is 13.6. The molecule has 1 aromatic heterocycles. The summed E-state index contributed by atoms with van der Waals surface area (Å²) in [4.78, 5) is 27.0. The van der Waals surface area contributed by atoms with Gasteiger partial charge < -0.3 is 24.8 Å². The van der Waals surface area contributed by atoms with Gasteiger partial charge in [0, 0.05) is 45.3 Å². The second kappa shape index (κ2) is 7.56. The van der Waals surface area contributed by atoms with Crippen LogP contribution in [0.25, 0.3) is 0 Å². The van der Waals surface area contributed by atoms with E-state index in [-0.39, 0.29) is 5.91 Å². The highest BCUT2D eigenvalue weighted by Gasteiger charge is 2.22. The van der Waals surface area contributed by atoms with Gasteiger partial charge in [0.25, 0.3) is 0 Å². The second-order valence-corrected chi connectivity index (χ2v) is 5.73. The molecular weight excluding hydrogens is 296 g/mol. The van der Waals surface area contributed by atoms with Gasteiger partial charge in [0.2, 0.25) is 5.91 Å². The summed E-state index contributed by atoms with van der Waals surface area (Å²) in [5, 5.41) is 2.91. The van der Waals surface area contributed by atoms with E-state index in [0.29, 0.717) is 6.54 Å². The Bertz CT molecular complexity index is 526. The molecule has 126 valence electrons. The maximum absolute atomic E-state index is 11.9. The quantitative estimate of drug-likeness (QED) is 0.777. The van der Waals surface area contributed by atoms with Crippen molar-refractivity contribution >= 4 is 17.5 Å². The van der Waals surface area contributed by atoms with Crippen LogP contribution in [0.4, 0.5) is 11.6 Å². The van der Waals surface area contributed by atoms with Gasteiger partial charge >= 0.3 is 0 Å². The Morgan fingerprint density at radius 3 is 2.30 bits per heavy atom. The Labute approximate surface area is 136 Å². The number of hydrogen-bond donors (Lipinski definition) is 1. The van der Waals surface area contributed by atoms with Gasteiger partial charge in [-0.15, -0.1) is 0 Å².